The van der Waals surface area contributed by atoms with Crippen molar-refractivity contribution in [2.45, 2.75) is 32.1 Å². The summed E-state index contributed by atoms with van der Waals surface area (Å²) >= 11 is 1.81. The van der Waals surface area contributed by atoms with Crippen molar-refractivity contribution in [1.29, 1.82) is 0 Å². The minimum Gasteiger partial charge on any atom is -0.335 e. The summed E-state index contributed by atoms with van der Waals surface area (Å²) in [6, 6.07) is 6.45. The molecule has 1 aromatic rings. The average Bonchev–Trinajstić information content (AvgIpc) is 2.45. The van der Waals surface area contributed by atoms with Crippen LogP contribution in [-0.2, 0) is 0 Å². The summed E-state index contributed by atoms with van der Waals surface area (Å²) in [7, 11) is 0. The summed E-state index contributed by atoms with van der Waals surface area (Å²) in [4.78, 5) is 4.70. The fourth-order valence-corrected chi connectivity index (χ4v) is 4.06. The van der Waals surface area contributed by atoms with Crippen molar-refractivity contribution in [2.24, 2.45) is 10.4 Å². The van der Waals surface area contributed by atoms with Crippen LogP contribution in [0.25, 0.3) is 0 Å². The highest BCUT2D eigenvalue weighted by molar-refractivity contribution is 8.14. The SMILES string of the molecule is Fc1ccc(NC2=NCC3(CCCCC3)CS2)cc1. The minimum atomic E-state index is -0.204. The number of nitrogens with zero attached hydrogens (tertiary/aromatic N) is 1. The van der Waals surface area contributed by atoms with Crippen LogP contribution in [0.1, 0.15) is 32.1 Å². The summed E-state index contributed by atoms with van der Waals surface area (Å²) in [5, 5.41) is 4.25. The molecule has 2 aliphatic rings. The van der Waals surface area contributed by atoms with Crippen molar-refractivity contribution in [2.75, 3.05) is 17.6 Å². The molecule has 1 spiro atoms. The Bertz CT molecular complexity index is 464. The second-order valence-corrected chi connectivity index (χ2v) is 6.57. The van der Waals surface area contributed by atoms with E-state index in [9.17, 15) is 4.39 Å². The van der Waals surface area contributed by atoms with E-state index < -0.39 is 0 Å². The van der Waals surface area contributed by atoms with Crippen LogP contribution in [0.4, 0.5) is 10.1 Å². The molecule has 19 heavy (non-hydrogen) atoms. The molecule has 0 bridgehead atoms. The Kier molecular flexibility index (Phi) is 3.78. The maximum absolute atomic E-state index is 12.8. The van der Waals surface area contributed by atoms with Gasteiger partial charge in [0, 0.05) is 18.0 Å². The van der Waals surface area contributed by atoms with Crippen LogP contribution in [0.5, 0.6) is 0 Å². The first kappa shape index (κ1) is 13.0. The second kappa shape index (κ2) is 5.53. The topological polar surface area (TPSA) is 24.4 Å². The van der Waals surface area contributed by atoms with Gasteiger partial charge in [0.1, 0.15) is 5.82 Å². The summed E-state index contributed by atoms with van der Waals surface area (Å²) in [5.74, 6) is 0.963. The predicted octanol–water partition coefficient (Wildman–Crippen LogP) is 4.29. The van der Waals surface area contributed by atoms with Gasteiger partial charge in [-0.3, -0.25) is 4.99 Å². The number of hydrogen-bond acceptors (Lipinski definition) is 3. The normalized spacial score (nSPS) is 22.1. The largest absolute Gasteiger partial charge is 0.335 e. The smallest absolute Gasteiger partial charge is 0.161 e. The number of anilines is 1. The van der Waals surface area contributed by atoms with Gasteiger partial charge in [-0.15, -0.1) is 0 Å². The van der Waals surface area contributed by atoms with Crippen LogP contribution in [0.15, 0.2) is 29.3 Å². The number of halogens is 1. The summed E-state index contributed by atoms with van der Waals surface area (Å²) < 4.78 is 12.8. The van der Waals surface area contributed by atoms with E-state index in [1.54, 1.807) is 12.1 Å². The molecule has 4 heteroatoms. The predicted molar refractivity (Wildman–Crippen MR) is 80.3 cm³/mol. The van der Waals surface area contributed by atoms with Gasteiger partial charge in [-0.2, -0.15) is 0 Å². The van der Waals surface area contributed by atoms with Gasteiger partial charge in [0.15, 0.2) is 5.17 Å². The highest BCUT2D eigenvalue weighted by Crippen LogP contribution is 2.41. The molecule has 0 radical (unpaired) electrons. The Morgan fingerprint density at radius 2 is 1.84 bits per heavy atom. The molecule has 1 aromatic carbocycles. The Labute approximate surface area is 117 Å². The van der Waals surface area contributed by atoms with Crippen molar-refractivity contribution in [3.63, 3.8) is 0 Å². The Morgan fingerprint density at radius 1 is 1.11 bits per heavy atom. The number of aliphatic imine (C=N–C) groups is 1. The number of benzene rings is 1. The number of amidine groups is 1. The van der Waals surface area contributed by atoms with Gasteiger partial charge in [0.2, 0.25) is 0 Å². The van der Waals surface area contributed by atoms with Gasteiger partial charge >= 0.3 is 0 Å². The van der Waals surface area contributed by atoms with Gasteiger partial charge < -0.3 is 5.32 Å². The summed E-state index contributed by atoms with van der Waals surface area (Å²) in [6.07, 6.45) is 6.76. The van der Waals surface area contributed by atoms with Crippen molar-refractivity contribution < 1.29 is 4.39 Å². The van der Waals surface area contributed by atoms with E-state index in [0.717, 1.165) is 17.4 Å². The lowest BCUT2D eigenvalue weighted by molar-refractivity contribution is 0.232. The van der Waals surface area contributed by atoms with Crippen molar-refractivity contribution in [3.05, 3.63) is 30.1 Å². The lowest BCUT2D eigenvalue weighted by Gasteiger charge is -2.38. The first-order chi connectivity index (χ1) is 9.26. The first-order valence-electron chi connectivity index (χ1n) is 6.96. The highest BCUT2D eigenvalue weighted by atomic mass is 32.2. The van der Waals surface area contributed by atoms with Gasteiger partial charge in [-0.25, -0.2) is 4.39 Å². The first-order valence-corrected chi connectivity index (χ1v) is 7.94. The van der Waals surface area contributed by atoms with E-state index in [1.807, 2.05) is 11.8 Å². The molecule has 1 saturated carbocycles. The number of hydrogen-bond donors (Lipinski definition) is 1. The molecule has 102 valence electrons. The van der Waals surface area contributed by atoms with Crippen LogP contribution in [0.3, 0.4) is 0 Å². The maximum Gasteiger partial charge on any atom is 0.161 e. The van der Waals surface area contributed by atoms with E-state index in [4.69, 9.17) is 4.99 Å². The lowest BCUT2D eigenvalue weighted by Crippen LogP contribution is -2.35. The lowest BCUT2D eigenvalue weighted by atomic mass is 9.75. The molecule has 0 amide bonds. The molecule has 1 N–H and O–H groups in total. The molecular formula is C15H19FN2S. The third-order valence-corrected chi connectivity index (χ3v) is 5.34. The van der Waals surface area contributed by atoms with Crippen molar-refractivity contribution >= 4 is 22.6 Å². The fraction of sp³-hybridized carbons (Fsp3) is 0.533. The molecule has 1 fully saturated rings. The van der Waals surface area contributed by atoms with Crippen LogP contribution >= 0.6 is 11.8 Å². The second-order valence-electron chi connectivity index (χ2n) is 5.60. The quantitative estimate of drug-likeness (QED) is 0.828. The minimum absolute atomic E-state index is 0.204. The maximum atomic E-state index is 12.8. The Hall–Kier alpha value is -1.03. The van der Waals surface area contributed by atoms with Gasteiger partial charge in [-0.1, -0.05) is 31.0 Å². The molecule has 0 saturated heterocycles. The van der Waals surface area contributed by atoms with E-state index in [2.05, 4.69) is 5.32 Å². The van der Waals surface area contributed by atoms with Gasteiger partial charge in [0.25, 0.3) is 0 Å². The van der Waals surface area contributed by atoms with Crippen LogP contribution in [0.2, 0.25) is 0 Å². The van der Waals surface area contributed by atoms with Crippen LogP contribution in [-0.4, -0.2) is 17.5 Å². The third-order valence-electron chi connectivity index (χ3n) is 4.08. The van der Waals surface area contributed by atoms with E-state index in [1.165, 1.54) is 50.0 Å². The third kappa shape index (κ3) is 3.11. The molecule has 3 rings (SSSR count). The number of nitrogens with one attached hydrogen (secondary N) is 1. The summed E-state index contributed by atoms with van der Waals surface area (Å²) in [6.45, 7) is 0.948. The highest BCUT2D eigenvalue weighted by Gasteiger charge is 2.34. The fourth-order valence-electron chi connectivity index (χ4n) is 2.89. The van der Waals surface area contributed by atoms with E-state index in [0.29, 0.717) is 5.41 Å². The molecular weight excluding hydrogens is 259 g/mol. The Balaban J connectivity index is 1.63. The molecule has 1 heterocycles. The molecule has 1 aliphatic carbocycles. The van der Waals surface area contributed by atoms with Crippen LogP contribution < -0.4 is 5.32 Å². The Morgan fingerprint density at radius 3 is 2.47 bits per heavy atom. The zero-order chi connectivity index (χ0) is 13.1. The number of rotatable bonds is 1. The number of thioether (sulfide) groups is 1. The zero-order valence-electron chi connectivity index (χ0n) is 11.0. The van der Waals surface area contributed by atoms with Crippen molar-refractivity contribution in [1.82, 2.24) is 0 Å². The van der Waals surface area contributed by atoms with E-state index >= 15 is 0 Å². The van der Waals surface area contributed by atoms with Crippen LogP contribution in [0, 0.1) is 11.2 Å². The monoisotopic (exact) mass is 278 g/mol. The average molecular weight is 278 g/mol. The summed E-state index contributed by atoms with van der Waals surface area (Å²) in [5.41, 5.74) is 1.36. The van der Waals surface area contributed by atoms with Gasteiger partial charge in [-0.05, 0) is 42.5 Å². The van der Waals surface area contributed by atoms with E-state index in [-0.39, 0.29) is 5.82 Å². The standard InChI is InChI=1S/C15H19FN2S/c16-12-4-6-13(7-5-12)18-14-17-10-15(11-19-14)8-2-1-3-9-15/h4-7H,1-3,8-11H2,(H,17,18). The zero-order valence-corrected chi connectivity index (χ0v) is 11.8. The molecule has 1 aliphatic heterocycles. The molecule has 0 unspecified atom stereocenters. The molecule has 2 nitrogen and oxygen atoms in total. The molecule has 0 atom stereocenters. The van der Waals surface area contributed by atoms with Crippen molar-refractivity contribution in [3.8, 4) is 0 Å². The molecule has 0 aromatic heterocycles. The van der Waals surface area contributed by atoms with Gasteiger partial charge in [0.05, 0.1) is 0 Å².